The van der Waals surface area contributed by atoms with Crippen molar-refractivity contribution in [3.8, 4) is 0 Å². The summed E-state index contributed by atoms with van der Waals surface area (Å²) in [6.45, 7) is 7.18. The minimum absolute atomic E-state index is 0.0273. The number of rotatable bonds is 6. The summed E-state index contributed by atoms with van der Waals surface area (Å²) in [7, 11) is 3.98. The first-order valence-electron chi connectivity index (χ1n) is 6.80. The molecule has 6 heteroatoms. The van der Waals surface area contributed by atoms with E-state index in [-0.39, 0.29) is 17.0 Å². The SMILES string of the molecule is Cc1cc(C(=O)NCC(C)(C)CN(C)C)ccc1[N+](=O)[O-]. The van der Waals surface area contributed by atoms with Crippen LogP contribution in [-0.2, 0) is 0 Å². The van der Waals surface area contributed by atoms with E-state index in [0.717, 1.165) is 6.54 Å². The summed E-state index contributed by atoms with van der Waals surface area (Å²) in [4.78, 5) is 24.5. The zero-order chi connectivity index (χ0) is 16.2. The molecule has 1 N–H and O–H groups in total. The molecule has 0 bridgehead atoms. The molecule has 0 aliphatic heterocycles. The lowest BCUT2D eigenvalue weighted by Gasteiger charge is -2.28. The van der Waals surface area contributed by atoms with Gasteiger partial charge in [-0.05, 0) is 38.6 Å². The molecule has 0 saturated carbocycles. The molecule has 1 aromatic carbocycles. The monoisotopic (exact) mass is 293 g/mol. The van der Waals surface area contributed by atoms with Gasteiger partial charge in [0.1, 0.15) is 0 Å². The number of benzene rings is 1. The topological polar surface area (TPSA) is 75.5 Å². The van der Waals surface area contributed by atoms with Crippen LogP contribution in [-0.4, -0.2) is 42.9 Å². The number of carbonyl (C=O) groups is 1. The molecule has 0 atom stereocenters. The predicted octanol–water partition coefficient (Wildman–Crippen LogP) is 2.22. The summed E-state index contributed by atoms with van der Waals surface area (Å²) < 4.78 is 0. The number of nitro benzene ring substituents is 1. The standard InChI is InChI=1S/C15H23N3O3/c1-11-8-12(6-7-13(11)18(20)21)14(19)16-9-15(2,3)10-17(4)5/h6-8H,9-10H2,1-5H3,(H,16,19). The molecule has 6 nitrogen and oxygen atoms in total. The molecule has 0 fully saturated rings. The summed E-state index contributed by atoms with van der Waals surface area (Å²) >= 11 is 0. The van der Waals surface area contributed by atoms with Crippen molar-refractivity contribution in [2.24, 2.45) is 5.41 Å². The summed E-state index contributed by atoms with van der Waals surface area (Å²) in [6.07, 6.45) is 0. The Hall–Kier alpha value is -1.95. The molecule has 0 aliphatic carbocycles. The molecular weight excluding hydrogens is 270 g/mol. The van der Waals surface area contributed by atoms with Gasteiger partial charge in [-0.15, -0.1) is 0 Å². The van der Waals surface area contributed by atoms with Gasteiger partial charge in [0.05, 0.1) is 4.92 Å². The Bertz CT molecular complexity index is 539. The van der Waals surface area contributed by atoms with E-state index < -0.39 is 4.92 Å². The number of hydrogen-bond acceptors (Lipinski definition) is 4. The molecule has 0 saturated heterocycles. The van der Waals surface area contributed by atoms with Crippen molar-refractivity contribution in [2.75, 3.05) is 27.2 Å². The van der Waals surface area contributed by atoms with Crippen molar-refractivity contribution in [1.82, 2.24) is 10.2 Å². The average molecular weight is 293 g/mol. The van der Waals surface area contributed by atoms with E-state index in [1.54, 1.807) is 13.0 Å². The second kappa shape index (κ2) is 6.67. The van der Waals surface area contributed by atoms with Crippen molar-refractivity contribution in [3.05, 3.63) is 39.4 Å². The van der Waals surface area contributed by atoms with Crippen LogP contribution in [0.1, 0.15) is 29.8 Å². The summed E-state index contributed by atoms with van der Waals surface area (Å²) in [5, 5.41) is 13.6. The fourth-order valence-corrected chi connectivity index (χ4v) is 2.34. The maximum atomic E-state index is 12.1. The summed E-state index contributed by atoms with van der Waals surface area (Å²) in [6, 6.07) is 4.40. The molecule has 1 amide bonds. The van der Waals surface area contributed by atoms with Crippen LogP contribution in [0.5, 0.6) is 0 Å². The van der Waals surface area contributed by atoms with E-state index >= 15 is 0 Å². The number of amides is 1. The first kappa shape index (κ1) is 17.1. The van der Waals surface area contributed by atoms with Crippen LogP contribution >= 0.6 is 0 Å². The Kier molecular flexibility index (Phi) is 5.43. The lowest BCUT2D eigenvalue weighted by molar-refractivity contribution is -0.385. The maximum Gasteiger partial charge on any atom is 0.272 e. The van der Waals surface area contributed by atoms with E-state index in [0.29, 0.717) is 17.7 Å². The third-order valence-corrected chi connectivity index (χ3v) is 3.13. The molecule has 116 valence electrons. The lowest BCUT2D eigenvalue weighted by atomic mass is 9.93. The van der Waals surface area contributed by atoms with Gasteiger partial charge >= 0.3 is 0 Å². The van der Waals surface area contributed by atoms with Crippen LogP contribution in [0.15, 0.2) is 18.2 Å². The normalized spacial score (nSPS) is 11.5. The van der Waals surface area contributed by atoms with Gasteiger partial charge in [0.15, 0.2) is 0 Å². The first-order valence-corrected chi connectivity index (χ1v) is 6.80. The number of aryl methyl sites for hydroxylation is 1. The van der Waals surface area contributed by atoms with Gasteiger partial charge < -0.3 is 10.2 Å². The molecule has 0 unspecified atom stereocenters. The fourth-order valence-electron chi connectivity index (χ4n) is 2.34. The van der Waals surface area contributed by atoms with Gasteiger partial charge in [-0.25, -0.2) is 0 Å². The van der Waals surface area contributed by atoms with E-state index in [9.17, 15) is 14.9 Å². The third-order valence-electron chi connectivity index (χ3n) is 3.13. The van der Waals surface area contributed by atoms with Gasteiger partial charge in [0.25, 0.3) is 11.6 Å². The summed E-state index contributed by atoms with van der Waals surface area (Å²) in [5.41, 5.74) is 0.910. The number of nitrogens with zero attached hydrogens (tertiary/aromatic N) is 2. The van der Waals surface area contributed by atoms with Crippen molar-refractivity contribution >= 4 is 11.6 Å². The molecule has 1 rings (SSSR count). The van der Waals surface area contributed by atoms with Crippen molar-refractivity contribution in [3.63, 3.8) is 0 Å². The first-order chi connectivity index (χ1) is 9.62. The quantitative estimate of drug-likeness (QED) is 0.644. The highest BCUT2D eigenvalue weighted by Gasteiger charge is 2.21. The average Bonchev–Trinajstić information content (AvgIpc) is 2.33. The van der Waals surface area contributed by atoms with E-state index in [4.69, 9.17) is 0 Å². The van der Waals surface area contributed by atoms with Gasteiger partial charge in [-0.1, -0.05) is 13.8 Å². The fraction of sp³-hybridized carbons (Fsp3) is 0.533. The Labute approximate surface area is 125 Å². The van der Waals surface area contributed by atoms with Crippen LogP contribution in [0.3, 0.4) is 0 Å². The molecule has 21 heavy (non-hydrogen) atoms. The minimum atomic E-state index is -0.447. The zero-order valence-electron chi connectivity index (χ0n) is 13.3. The third kappa shape index (κ3) is 5.15. The Morgan fingerprint density at radius 2 is 2.00 bits per heavy atom. The number of carbonyl (C=O) groups excluding carboxylic acids is 1. The number of nitrogens with one attached hydrogen (secondary N) is 1. The van der Waals surface area contributed by atoms with Crippen molar-refractivity contribution in [2.45, 2.75) is 20.8 Å². The Balaban J connectivity index is 2.73. The minimum Gasteiger partial charge on any atom is -0.351 e. The van der Waals surface area contributed by atoms with Gasteiger partial charge in [0.2, 0.25) is 0 Å². The molecule has 0 aromatic heterocycles. The smallest absolute Gasteiger partial charge is 0.272 e. The Morgan fingerprint density at radius 3 is 2.48 bits per heavy atom. The molecule has 0 heterocycles. The van der Waals surface area contributed by atoms with Crippen molar-refractivity contribution in [1.29, 1.82) is 0 Å². The molecular formula is C15H23N3O3. The zero-order valence-corrected chi connectivity index (χ0v) is 13.3. The van der Waals surface area contributed by atoms with E-state index in [1.165, 1.54) is 12.1 Å². The molecule has 0 spiro atoms. The molecule has 0 aliphatic rings. The molecule has 0 radical (unpaired) electrons. The van der Waals surface area contributed by atoms with Gasteiger partial charge in [0, 0.05) is 30.3 Å². The summed E-state index contributed by atoms with van der Waals surface area (Å²) in [5.74, 6) is -0.208. The van der Waals surface area contributed by atoms with Crippen LogP contribution in [0.4, 0.5) is 5.69 Å². The largest absolute Gasteiger partial charge is 0.351 e. The lowest BCUT2D eigenvalue weighted by Crippen LogP contribution is -2.40. The van der Waals surface area contributed by atoms with Crippen LogP contribution in [0.2, 0.25) is 0 Å². The predicted molar refractivity (Wildman–Crippen MR) is 82.5 cm³/mol. The highest BCUT2D eigenvalue weighted by atomic mass is 16.6. The van der Waals surface area contributed by atoms with Crippen LogP contribution in [0.25, 0.3) is 0 Å². The Morgan fingerprint density at radius 1 is 1.38 bits per heavy atom. The second-order valence-corrected chi connectivity index (χ2v) is 6.34. The van der Waals surface area contributed by atoms with Crippen LogP contribution in [0, 0.1) is 22.5 Å². The van der Waals surface area contributed by atoms with E-state index in [1.807, 2.05) is 14.1 Å². The highest BCUT2D eigenvalue weighted by Crippen LogP contribution is 2.19. The number of nitro groups is 1. The van der Waals surface area contributed by atoms with Crippen LogP contribution < -0.4 is 5.32 Å². The second-order valence-electron chi connectivity index (χ2n) is 6.34. The van der Waals surface area contributed by atoms with Gasteiger partial charge in [-0.2, -0.15) is 0 Å². The van der Waals surface area contributed by atoms with Gasteiger partial charge in [-0.3, -0.25) is 14.9 Å². The number of hydrogen-bond donors (Lipinski definition) is 1. The molecule has 1 aromatic rings. The van der Waals surface area contributed by atoms with Crippen molar-refractivity contribution < 1.29 is 9.72 Å². The highest BCUT2D eigenvalue weighted by molar-refractivity contribution is 5.94. The van der Waals surface area contributed by atoms with E-state index in [2.05, 4.69) is 24.1 Å². The maximum absolute atomic E-state index is 12.1.